The highest BCUT2D eigenvalue weighted by atomic mass is 16.5. The van der Waals surface area contributed by atoms with Crippen molar-refractivity contribution < 1.29 is 4.74 Å². The van der Waals surface area contributed by atoms with E-state index in [0.29, 0.717) is 19.0 Å². The molecular weight excluding hydrogens is 280 g/mol. The number of benzene rings is 1. The van der Waals surface area contributed by atoms with Gasteiger partial charge in [-0.05, 0) is 18.6 Å². The summed E-state index contributed by atoms with van der Waals surface area (Å²) in [6.45, 7) is 3.14. The summed E-state index contributed by atoms with van der Waals surface area (Å²) in [4.78, 5) is 12.4. The molecule has 1 aromatic carbocycles. The molecule has 0 fully saturated rings. The Morgan fingerprint density at radius 1 is 1.14 bits per heavy atom. The van der Waals surface area contributed by atoms with Crippen LogP contribution in [-0.4, -0.2) is 31.8 Å². The molecule has 0 aliphatic carbocycles. The van der Waals surface area contributed by atoms with Gasteiger partial charge in [-0.25, -0.2) is 15.0 Å². The predicted octanol–water partition coefficient (Wildman–Crippen LogP) is 2.27. The smallest absolute Gasteiger partial charge is 0.218 e. The van der Waals surface area contributed by atoms with Gasteiger partial charge in [0.1, 0.15) is 18.5 Å². The van der Waals surface area contributed by atoms with Gasteiger partial charge in [-0.3, -0.25) is 5.10 Å². The fourth-order valence-electron chi connectivity index (χ4n) is 2.03. The van der Waals surface area contributed by atoms with E-state index in [1.54, 1.807) is 6.07 Å². The molecule has 3 aromatic rings. The summed E-state index contributed by atoms with van der Waals surface area (Å²) in [5.74, 6) is 2.04. The molecule has 0 amide bonds. The molecule has 0 aliphatic heterocycles. The Labute approximate surface area is 127 Å². The van der Waals surface area contributed by atoms with Crippen LogP contribution in [-0.2, 0) is 6.54 Å². The van der Waals surface area contributed by atoms with Crippen molar-refractivity contribution in [3.05, 3.63) is 48.5 Å². The van der Waals surface area contributed by atoms with E-state index in [-0.39, 0.29) is 0 Å². The minimum absolute atomic E-state index is 0.565. The number of hydrogen-bond donors (Lipinski definition) is 2. The summed E-state index contributed by atoms with van der Waals surface area (Å²) in [5.41, 5.74) is 2.11. The Morgan fingerprint density at radius 3 is 2.91 bits per heavy atom. The normalized spacial score (nSPS) is 10.4. The summed E-state index contributed by atoms with van der Waals surface area (Å²) < 4.78 is 5.36. The SMILES string of the molecule is CCOc1cc(NCc2cccc(-c3ncn[nH]3)c2)ncn1. The first-order chi connectivity index (χ1) is 10.8. The number of aromatic amines is 1. The maximum absolute atomic E-state index is 5.36. The molecule has 0 saturated carbocycles. The molecule has 0 saturated heterocycles. The number of anilines is 1. The first-order valence-corrected chi connectivity index (χ1v) is 6.98. The average Bonchev–Trinajstić information content (AvgIpc) is 3.09. The minimum atomic E-state index is 0.565. The zero-order valence-electron chi connectivity index (χ0n) is 12.2. The molecule has 0 bridgehead atoms. The number of H-pyrrole nitrogens is 1. The second-order valence-corrected chi connectivity index (χ2v) is 4.56. The summed E-state index contributed by atoms with van der Waals surface area (Å²) in [6.07, 6.45) is 2.98. The van der Waals surface area contributed by atoms with E-state index in [2.05, 4.69) is 36.5 Å². The standard InChI is InChI=1S/C15H16N6O/c1-2-22-14-7-13(17-9-18-14)16-8-11-4-3-5-12(6-11)15-19-10-20-21-15/h3-7,9-10H,2,8H2,1H3,(H,16,17,18)(H,19,20,21). The van der Waals surface area contributed by atoms with Crippen LogP contribution in [0.4, 0.5) is 5.82 Å². The number of rotatable bonds is 6. The molecule has 0 unspecified atom stereocenters. The van der Waals surface area contributed by atoms with E-state index in [4.69, 9.17) is 4.74 Å². The second-order valence-electron chi connectivity index (χ2n) is 4.56. The third kappa shape index (κ3) is 3.38. The highest BCUT2D eigenvalue weighted by Crippen LogP contribution is 2.17. The van der Waals surface area contributed by atoms with Crippen LogP contribution >= 0.6 is 0 Å². The number of hydrogen-bond acceptors (Lipinski definition) is 6. The maximum Gasteiger partial charge on any atom is 0.218 e. The molecule has 2 N–H and O–H groups in total. The van der Waals surface area contributed by atoms with Crippen LogP contribution < -0.4 is 10.1 Å². The monoisotopic (exact) mass is 296 g/mol. The quantitative estimate of drug-likeness (QED) is 0.725. The summed E-state index contributed by atoms with van der Waals surface area (Å²) in [6, 6.07) is 9.85. The fraction of sp³-hybridized carbons (Fsp3) is 0.200. The molecule has 3 rings (SSSR count). The van der Waals surface area contributed by atoms with Gasteiger partial charge >= 0.3 is 0 Å². The molecule has 0 atom stereocenters. The Kier molecular flexibility index (Phi) is 4.24. The van der Waals surface area contributed by atoms with Gasteiger partial charge in [-0.1, -0.05) is 18.2 Å². The first kappa shape index (κ1) is 14.0. The van der Waals surface area contributed by atoms with Crippen molar-refractivity contribution in [3.63, 3.8) is 0 Å². The van der Waals surface area contributed by atoms with Crippen LogP contribution in [0.3, 0.4) is 0 Å². The summed E-state index contributed by atoms with van der Waals surface area (Å²) in [5, 5.41) is 9.98. The highest BCUT2D eigenvalue weighted by molar-refractivity contribution is 5.55. The number of nitrogens with one attached hydrogen (secondary N) is 2. The van der Waals surface area contributed by atoms with Crippen LogP contribution in [0.15, 0.2) is 43.0 Å². The van der Waals surface area contributed by atoms with Gasteiger partial charge < -0.3 is 10.1 Å². The molecule has 22 heavy (non-hydrogen) atoms. The van der Waals surface area contributed by atoms with Crippen molar-refractivity contribution in [2.45, 2.75) is 13.5 Å². The third-order valence-corrected chi connectivity index (χ3v) is 3.02. The third-order valence-electron chi connectivity index (χ3n) is 3.02. The van der Waals surface area contributed by atoms with Crippen molar-refractivity contribution in [2.75, 3.05) is 11.9 Å². The largest absolute Gasteiger partial charge is 0.478 e. The van der Waals surface area contributed by atoms with Crippen LogP contribution in [0.25, 0.3) is 11.4 Å². The average molecular weight is 296 g/mol. The summed E-state index contributed by atoms with van der Waals surface area (Å²) >= 11 is 0. The highest BCUT2D eigenvalue weighted by Gasteiger charge is 2.03. The van der Waals surface area contributed by atoms with Gasteiger partial charge in [0.2, 0.25) is 5.88 Å². The van der Waals surface area contributed by atoms with Gasteiger partial charge in [-0.15, -0.1) is 0 Å². The molecule has 2 aromatic heterocycles. The Balaban J connectivity index is 1.69. The van der Waals surface area contributed by atoms with Gasteiger partial charge in [0.05, 0.1) is 6.61 Å². The van der Waals surface area contributed by atoms with E-state index in [1.807, 2.05) is 25.1 Å². The van der Waals surface area contributed by atoms with Crippen molar-refractivity contribution in [1.82, 2.24) is 25.1 Å². The molecule has 2 heterocycles. The van der Waals surface area contributed by atoms with E-state index in [1.165, 1.54) is 12.7 Å². The Hall–Kier alpha value is -2.96. The van der Waals surface area contributed by atoms with Gasteiger partial charge in [-0.2, -0.15) is 5.10 Å². The Morgan fingerprint density at radius 2 is 2.09 bits per heavy atom. The lowest BCUT2D eigenvalue weighted by molar-refractivity contribution is 0.326. The topological polar surface area (TPSA) is 88.6 Å². The van der Waals surface area contributed by atoms with Crippen LogP contribution in [0.5, 0.6) is 5.88 Å². The summed E-state index contributed by atoms with van der Waals surface area (Å²) in [7, 11) is 0. The number of nitrogens with zero attached hydrogens (tertiary/aromatic N) is 4. The lowest BCUT2D eigenvalue weighted by atomic mass is 10.1. The van der Waals surface area contributed by atoms with Gasteiger partial charge in [0.25, 0.3) is 0 Å². The molecule has 0 aliphatic rings. The zero-order chi connectivity index (χ0) is 15.2. The first-order valence-electron chi connectivity index (χ1n) is 6.98. The van der Waals surface area contributed by atoms with Crippen molar-refractivity contribution >= 4 is 5.82 Å². The van der Waals surface area contributed by atoms with E-state index < -0.39 is 0 Å². The molecule has 0 spiro atoms. The number of ether oxygens (including phenoxy) is 1. The molecule has 0 radical (unpaired) electrons. The Bertz CT molecular complexity index is 728. The lowest BCUT2D eigenvalue weighted by Crippen LogP contribution is -2.03. The van der Waals surface area contributed by atoms with Crippen molar-refractivity contribution in [1.29, 1.82) is 0 Å². The van der Waals surface area contributed by atoms with Crippen LogP contribution in [0, 0.1) is 0 Å². The maximum atomic E-state index is 5.36. The van der Waals surface area contributed by atoms with Gasteiger partial charge in [0.15, 0.2) is 5.82 Å². The number of aromatic nitrogens is 5. The second kappa shape index (κ2) is 6.66. The van der Waals surface area contributed by atoms with E-state index in [9.17, 15) is 0 Å². The molecule has 7 heteroatoms. The van der Waals surface area contributed by atoms with E-state index >= 15 is 0 Å². The molecular formula is C15H16N6O. The zero-order valence-corrected chi connectivity index (χ0v) is 12.2. The predicted molar refractivity (Wildman–Crippen MR) is 82.3 cm³/mol. The van der Waals surface area contributed by atoms with Gasteiger partial charge in [0, 0.05) is 18.2 Å². The van der Waals surface area contributed by atoms with Crippen molar-refractivity contribution in [2.24, 2.45) is 0 Å². The van der Waals surface area contributed by atoms with Crippen molar-refractivity contribution in [3.8, 4) is 17.3 Å². The molecule has 7 nitrogen and oxygen atoms in total. The lowest BCUT2D eigenvalue weighted by Gasteiger charge is -2.08. The van der Waals surface area contributed by atoms with Crippen LogP contribution in [0.1, 0.15) is 12.5 Å². The van der Waals surface area contributed by atoms with E-state index in [0.717, 1.165) is 22.8 Å². The van der Waals surface area contributed by atoms with Crippen LogP contribution in [0.2, 0.25) is 0 Å². The molecule has 112 valence electrons. The fourth-order valence-corrected chi connectivity index (χ4v) is 2.03. The minimum Gasteiger partial charge on any atom is -0.478 e.